The Morgan fingerprint density at radius 2 is 1.82 bits per heavy atom. The van der Waals surface area contributed by atoms with Gasteiger partial charge in [-0.25, -0.2) is 4.39 Å². The van der Waals surface area contributed by atoms with Crippen LogP contribution >= 0.6 is 0 Å². The van der Waals surface area contributed by atoms with E-state index in [-0.39, 0.29) is 30.6 Å². The Bertz CT molecular complexity index is 812. The van der Waals surface area contributed by atoms with Gasteiger partial charge in [0.05, 0.1) is 7.05 Å². The van der Waals surface area contributed by atoms with Gasteiger partial charge < -0.3 is 14.8 Å². The summed E-state index contributed by atoms with van der Waals surface area (Å²) in [5.74, 6) is -0.223. The number of quaternary nitrogens is 1. The summed E-state index contributed by atoms with van der Waals surface area (Å²) < 4.78 is 15.2. The van der Waals surface area contributed by atoms with Gasteiger partial charge in [0.15, 0.2) is 6.54 Å². The predicted molar refractivity (Wildman–Crippen MR) is 108 cm³/mol. The minimum absolute atomic E-state index is 0.0306. The molecule has 0 spiro atoms. The lowest BCUT2D eigenvalue weighted by molar-refractivity contribution is -0.862. The molecule has 0 aliphatic heterocycles. The molecule has 1 aromatic carbocycles. The number of hydrogen-bond acceptors (Lipinski definition) is 2. The van der Waals surface area contributed by atoms with E-state index >= 15 is 0 Å². The van der Waals surface area contributed by atoms with Crippen LogP contribution < -0.4 is 10.2 Å². The fourth-order valence-electron chi connectivity index (χ4n) is 3.35. The summed E-state index contributed by atoms with van der Waals surface area (Å²) in [6.07, 6.45) is 1.67. The van der Waals surface area contributed by atoms with Gasteiger partial charge in [0, 0.05) is 30.0 Å². The summed E-state index contributed by atoms with van der Waals surface area (Å²) in [4.78, 5) is 25.4. The molecule has 6 heteroatoms. The minimum Gasteiger partial charge on any atom is -0.351 e. The molecule has 0 aliphatic carbocycles. The van der Waals surface area contributed by atoms with Crippen LogP contribution in [-0.2, 0) is 17.8 Å². The summed E-state index contributed by atoms with van der Waals surface area (Å²) >= 11 is 0. The van der Waals surface area contributed by atoms with Crippen LogP contribution in [0.4, 0.5) is 4.39 Å². The number of benzene rings is 1. The highest BCUT2D eigenvalue weighted by molar-refractivity contribution is 5.98. The molecule has 0 saturated carbocycles. The molecule has 1 aromatic heterocycles. The van der Waals surface area contributed by atoms with Gasteiger partial charge in [-0.1, -0.05) is 19.1 Å². The number of likely N-dealkylation sites (N-methyl/N-ethyl adjacent to an activating group) is 1. The zero-order valence-corrected chi connectivity index (χ0v) is 17.3. The molecule has 1 atom stereocenters. The van der Waals surface area contributed by atoms with Crippen molar-refractivity contribution in [2.24, 2.45) is 0 Å². The molecule has 1 amide bonds. The van der Waals surface area contributed by atoms with E-state index in [1.807, 2.05) is 33.9 Å². The summed E-state index contributed by atoms with van der Waals surface area (Å²) in [5.41, 5.74) is 3.74. The molecular formula is C22H31FN3O2+. The van der Waals surface area contributed by atoms with Crippen LogP contribution in [0.1, 0.15) is 40.7 Å². The number of hydrogen-bond donors (Lipinski definition) is 2. The highest BCUT2D eigenvalue weighted by Crippen LogP contribution is 2.16. The van der Waals surface area contributed by atoms with Crippen LogP contribution in [0.3, 0.4) is 0 Å². The van der Waals surface area contributed by atoms with E-state index in [0.29, 0.717) is 12.1 Å². The van der Waals surface area contributed by atoms with Gasteiger partial charge in [-0.3, -0.25) is 9.59 Å². The van der Waals surface area contributed by atoms with Crippen molar-refractivity contribution in [2.75, 3.05) is 26.7 Å². The molecule has 5 nitrogen and oxygen atoms in total. The van der Waals surface area contributed by atoms with Crippen molar-refractivity contribution in [1.29, 1.82) is 0 Å². The number of nitrogens with one attached hydrogen (secondary N) is 2. The minimum atomic E-state index is -0.236. The molecule has 0 fully saturated rings. The first-order valence-corrected chi connectivity index (χ1v) is 9.84. The molecule has 152 valence electrons. The van der Waals surface area contributed by atoms with Gasteiger partial charge in [-0.05, 0) is 50.5 Å². The number of ketones is 1. The van der Waals surface area contributed by atoms with Crippen molar-refractivity contribution in [1.82, 2.24) is 9.88 Å². The molecule has 0 saturated heterocycles. The maximum atomic E-state index is 13.0. The second kappa shape index (κ2) is 10.2. The van der Waals surface area contributed by atoms with E-state index in [1.165, 1.54) is 12.1 Å². The molecule has 2 N–H and O–H groups in total. The van der Waals surface area contributed by atoms with Crippen LogP contribution in [0.15, 0.2) is 30.3 Å². The maximum absolute atomic E-state index is 13.0. The molecule has 0 radical (unpaired) electrons. The fourth-order valence-corrected chi connectivity index (χ4v) is 3.35. The number of carbonyl (C=O) groups excluding carboxylic acids is 2. The molecule has 1 heterocycles. The third-order valence-corrected chi connectivity index (χ3v) is 4.91. The van der Waals surface area contributed by atoms with Gasteiger partial charge in [-0.2, -0.15) is 0 Å². The number of amides is 1. The summed E-state index contributed by atoms with van der Waals surface area (Å²) in [5, 5.41) is 2.84. The average molecular weight is 389 g/mol. The highest BCUT2D eigenvalue weighted by atomic mass is 19.1. The van der Waals surface area contributed by atoms with Gasteiger partial charge in [-0.15, -0.1) is 0 Å². The molecule has 1 unspecified atom stereocenters. The quantitative estimate of drug-likeness (QED) is 0.609. The average Bonchev–Trinajstić information content (AvgIpc) is 2.93. The second-order valence-electron chi connectivity index (χ2n) is 7.40. The second-order valence-corrected chi connectivity index (χ2v) is 7.40. The number of carbonyl (C=O) groups is 2. The van der Waals surface area contributed by atoms with E-state index < -0.39 is 0 Å². The first kappa shape index (κ1) is 21.8. The number of halogens is 1. The van der Waals surface area contributed by atoms with Crippen LogP contribution in [0.25, 0.3) is 0 Å². The van der Waals surface area contributed by atoms with E-state index in [0.717, 1.165) is 41.2 Å². The largest absolute Gasteiger partial charge is 0.351 e. The first-order chi connectivity index (χ1) is 13.3. The van der Waals surface area contributed by atoms with E-state index in [1.54, 1.807) is 12.1 Å². The predicted octanol–water partition coefficient (Wildman–Crippen LogP) is 1.71. The third kappa shape index (κ3) is 6.02. The molecule has 2 aromatic rings. The number of rotatable bonds is 10. The van der Waals surface area contributed by atoms with Crippen molar-refractivity contribution in [3.8, 4) is 0 Å². The Balaban J connectivity index is 1.98. The normalized spacial score (nSPS) is 12.0. The lowest BCUT2D eigenvalue weighted by atomic mass is 10.1. The van der Waals surface area contributed by atoms with Crippen LogP contribution in [0.5, 0.6) is 0 Å². The first-order valence-electron chi connectivity index (χ1n) is 9.84. The van der Waals surface area contributed by atoms with Crippen molar-refractivity contribution in [3.05, 3.63) is 58.7 Å². The molecular weight excluding hydrogens is 357 g/mol. The number of aryl methyl sites for hydroxylation is 2. The van der Waals surface area contributed by atoms with Crippen LogP contribution in [-0.4, -0.2) is 42.9 Å². The zero-order valence-electron chi connectivity index (χ0n) is 17.3. The Morgan fingerprint density at radius 1 is 1.14 bits per heavy atom. The highest BCUT2D eigenvalue weighted by Gasteiger charge is 2.20. The van der Waals surface area contributed by atoms with E-state index in [9.17, 15) is 14.0 Å². The Labute approximate surface area is 166 Å². The van der Waals surface area contributed by atoms with Gasteiger partial charge in [0.2, 0.25) is 5.78 Å². The summed E-state index contributed by atoms with van der Waals surface area (Å²) in [7, 11) is 1.86. The number of aromatic nitrogens is 1. The van der Waals surface area contributed by atoms with Crippen LogP contribution in [0, 0.1) is 19.7 Å². The Hall–Kier alpha value is -2.47. The summed E-state index contributed by atoms with van der Waals surface area (Å²) in [6, 6.07) is 8.44. The maximum Gasteiger partial charge on any atom is 0.275 e. The summed E-state index contributed by atoms with van der Waals surface area (Å²) in [6.45, 7) is 7.91. The zero-order chi connectivity index (χ0) is 20.7. The van der Waals surface area contributed by atoms with E-state index in [2.05, 4.69) is 9.88 Å². The SMILES string of the molecule is CCCNC(=O)C[NH+](C)CC(=O)c1cc(C)n(CCc2ccc(F)cc2)c1C. The Kier molecular flexibility index (Phi) is 7.93. The molecule has 0 bridgehead atoms. The topological polar surface area (TPSA) is 55.5 Å². The molecule has 28 heavy (non-hydrogen) atoms. The fraction of sp³-hybridized carbons (Fsp3) is 0.455. The number of Topliss-reactive ketones (excluding diaryl/α,β-unsaturated/α-hetero) is 1. The van der Waals surface area contributed by atoms with Crippen molar-refractivity contribution >= 4 is 11.7 Å². The van der Waals surface area contributed by atoms with Gasteiger partial charge >= 0.3 is 0 Å². The Morgan fingerprint density at radius 3 is 2.46 bits per heavy atom. The van der Waals surface area contributed by atoms with Crippen molar-refractivity contribution in [3.63, 3.8) is 0 Å². The smallest absolute Gasteiger partial charge is 0.275 e. The lowest BCUT2D eigenvalue weighted by Crippen LogP contribution is -3.11. The third-order valence-electron chi connectivity index (χ3n) is 4.91. The van der Waals surface area contributed by atoms with Gasteiger partial charge in [0.1, 0.15) is 12.4 Å². The standard InChI is InChI=1S/C22H30FN3O2/c1-5-11-24-22(28)15-25(4)14-21(27)20-13-16(2)26(17(20)3)12-10-18-6-8-19(23)9-7-18/h6-9,13H,5,10-12,14-15H2,1-4H3,(H,24,28)/p+1. The number of nitrogens with zero attached hydrogens (tertiary/aromatic N) is 1. The van der Waals surface area contributed by atoms with E-state index in [4.69, 9.17) is 0 Å². The monoisotopic (exact) mass is 388 g/mol. The van der Waals surface area contributed by atoms with Crippen molar-refractivity contribution < 1.29 is 18.9 Å². The van der Waals surface area contributed by atoms with Gasteiger partial charge in [0.25, 0.3) is 5.91 Å². The van der Waals surface area contributed by atoms with Crippen molar-refractivity contribution in [2.45, 2.75) is 40.2 Å². The molecule has 0 aliphatic rings. The lowest BCUT2D eigenvalue weighted by Gasteiger charge is -2.13. The molecule has 2 rings (SSSR count). The van der Waals surface area contributed by atoms with Crippen LogP contribution in [0.2, 0.25) is 0 Å².